The summed E-state index contributed by atoms with van der Waals surface area (Å²) >= 11 is 0. The Labute approximate surface area is 208 Å². The van der Waals surface area contributed by atoms with Gasteiger partial charge in [0.25, 0.3) is 0 Å². The van der Waals surface area contributed by atoms with E-state index in [1.54, 1.807) is 36.9 Å². The van der Waals surface area contributed by atoms with Gasteiger partial charge in [0, 0.05) is 52.9 Å². The van der Waals surface area contributed by atoms with Crippen molar-refractivity contribution in [3.05, 3.63) is 96.7 Å². The average Bonchev–Trinajstić information content (AvgIpc) is 3.51. The fourth-order valence-corrected chi connectivity index (χ4v) is 4.16. The second-order valence-electron chi connectivity index (χ2n) is 8.87. The Bertz CT molecular complexity index is 1630. The molecule has 6 aromatic rings. The fraction of sp³-hybridized carbons (Fsp3) is 0.143. The number of benzene rings is 2. The minimum Gasteiger partial charge on any atom is -0.343 e. The molecule has 6 rings (SSSR count). The lowest BCUT2D eigenvalue weighted by Gasteiger charge is -2.10. The van der Waals surface area contributed by atoms with Gasteiger partial charge < -0.3 is 9.88 Å². The van der Waals surface area contributed by atoms with Gasteiger partial charge in [0.05, 0.1) is 29.1 Å². The van der Waals surface area contributed by atoms with Gasteiger partial charge in [-0.05, 0) is 56.4 Å². The molecular formula is C28H26FN7. The molecule has 0 saturated carbocycles. The standard InChI is InChI=1S/C16H18N4.C12H8FN3/c1-11-15-7-13(4-5-16(15)19-18-11)14-6-12(8-17-9-14)10-20(2)3;13-10-4-2-1-3-8(10)9-5-14-6-11-12(9)16-7-15-11/h4-9H,10H2,1-3H3,(H,18,19);1-7H,(H,15,16). The summed E-state index contributed by atoms with van der Waals surface area (Å²) in [6.07, 6.45) is 8.71. The van der Waals surface area contributed by atoms with Crippen LogP contribution in [0.4, 0.5) is 4.39 Å². The SMILES string of the molecule is Cc1[nH]nc2ccc(-c3cncc(CN(C)C)c3)cc12.Fc1ccccc1-c1cncc2[nH]cnc12. The van der Waals surface area contributed by atoms with Gasteiger partial charge in [0.15, 0.2) is 0 Å². The van der Waals surface area contributed by atoms with Crippen LogP contribution in [0.1, 0.15) is 11.3 Å². The first-order chi connectivity index (χ1) is 17.5. The van der Waals surface area contributed by atoms with Gasteiger partial charge in [-0.25, -0.2) is 9.37 Å². The first-order valence-corrected chi connectivity index (χ1v) is 11.6. The maximum atomic E-state index is 13.6. The van der Waals surface area contributed by atoms with Crippen molar-refractivity contribution in [1.82, 2.24) is 35.0 Å². The molecule has 4 aromatic heterocycles. The molecular weight excluding hydrogens is 453 g/mol. The van der Waals surface area contributed by atoms with Gasteiger partial charge in [-0.2, -0.15) is 5.10 Å². The van der Waals surface area contributed by atoms with E-state index in [0.29, 0.717) is 11.1 Å². The summed E-state index contributed by atoms with van der Waals surface area (Å²) in [5.41, 5.74) is 8.41. The minimum absolute atomic E-state index is 0.264. The van der Waals surface area contributed by atoms with E-state index < -0.39 is 0 Å². The second-order valence-corrected chi connectivity index (χ2v) is 8.87. The van der Waals surface area contributed by atoms with Crippen LogP contribution in [-0.4, -0.2) is 49.1 Å². The number of aromatic nitrogens is 6. The highest BCUT2D eigenvalue weighted by molar-refractivity contribution is 5.90. The van der Waals surface area contributed by atoms with E-state index in [1.165, 1.54) is 22.6 Å². The molecule has 0 saturated heterocycles. The van der Waals surface area contributed by atoms with E-state index >= 15 is 0 Å². The van der Waals surface area contributed by atoms with Crippen LogP contribution in [0.15, 0.2) is 79.6 Å². The number of nitrogens with zero attached hydrogens (tertiary/aromatic N) is 5. The molecule has 0 amide bonds. The van der Waals surface area contributed by atoms with E-state index in [0.717, 1.165) is 34.4 Å². The molecule has 8 heteroatoms. The Morgan fingerprint density at radius 2 is 1.72 bits per heavy atom. The van der Waals surface area contributed by atoms with Gasteiger partial charge in [-0.15, -0.1) is 0 Å². The predicted octanol–water partition coefficient (Wildman–Crippen LogP) is 5.76. The van der Waals surface area contributed by atoms with E-state index in [9.17, 15) is 4.39 Å². The number of aromatic amines is 2. The fourth-order valence-electron chi connectivity index (χ4n) is 4.16. The molecule has 0 aliphatic heterocycles. The normalized spacial score (nSPS) is 11.1. The summed E-state index contributed by atoms with van der Waals surface area (Å²) in [7, 11) is 4.13. The van der Waals surface area contributed by atoms with Crippen molar-refractivity contribution in [3.8, 4) is 22.3 Å². The summed E-state index contributed by atoms with van der Waals surface area (Å²) in [6, 6.07) is 15.1. The highest BCUT2D eigenvalue weighted by Gasteiger charge is 2.10. The van der Waals surface area contributed by atoms with Crippen molar-refractivity contribution in [2.45, 2.75) is 13.5 Å². The molecule has 0 unspecified atom stereocenters. The van der Waals surface area contributed by atoms with Crippen molar-refractivity contribution in [2.75, 3.05) is 14.1 Å². The number of H-pyrrole nitrogens is 2. The van der Waals surface area contributed by atoms with Gasteiger partial charge in [-0.3, -0.25) is 15.1 Å². The van der Waals surface area contributed by atoms with Crippen molar-refractivity contribution >= 4 is 21.9 Å². The molecule has 2 N–H and O–H groups in total. The Kier molecular flexibility index (Phi) is 6.51. The lowest BCUT2D eigenvalue weighted by molar-refractivity contribution is 0.402. The number of aryl methyl sites for hydroxylation is 1. The lowest BCUT2D eigenvalue weighted by atomic mass is 10.0. The second kappa shape index (κ2) is 10.1. The maximum Gasteiger partial charge on any atom is 0.131 e. The molecule has 36 heavy (non-hydrogen) atoms. The van der Waals surface area contributed by atoms with Gasteiger partial charge in [0.2, 0.25) is 0 Å². The Balaban J connectivity index is 0.000000152. The van der Waals surface area contributed by atoms with Crippen LogP contribution in [0.5, 0.6) is 0 Å². The van der Waals surface area contributed by atoms with Gasteiger partial charge >= 0.3 is 0 Å². The number of halogens is 1. The van der Waals surface area contributed by atoms with Gasteiger partial charge in [0.1, 0.15) is 5.82 Å². The lowest BCUT2D eigenvalue weighted by Crippen LogP contribution is -2.10. The molecule has 0 aliphatic rings. The number of hydrogen-bond acceptors (Lipinski definition) is 5. The number of fused-ring (bicyclic) bond motifs is 2. The van der Waals surface area contributed by atoms with Crippen LogP contribution in [0, 0.1) is 12.7 Å². The Morgan fingerprint density at radius 3 is 2.56 bits per heavy atom. The van der Waals surface area contributed by atoms with E-state index in [-0.39, 0.29) is 5.82 Å². The van der Waals surface area contributed by atoms with E-state index in [2.05, 4.69) is 67.3 Å². The topological polar surface area (TPSA) is 86.4 Å². The zero-order valence-corrected chi connectivity index (χ0v) is 20.3. The van der Waals surface area contributed by atoms with Crippen LogP contribution in [0.3, 0.4) is 0 Å². The molecule has 0 bridgehead atoms. The third-order valence-corrected chi connectivity index (χ3v) is 5.87. The van der Waals surface area contributed by atoms with Crippen molar-refractivity contribution in [3.63, 3.8) is 0 Å². The third-order valence-electron chi connectivity index (χ3n) is 5.87. The molecule has 2 aromatic carbocycles. The number of hydrogen-bond donors (Lipinski definition) is 2. The average molecular weight is 480 g/mol. The monoisotopic (exact) mass is 479 g/mol. The molecule has 0 spiro atoms. The predicted molar refractivity (Wildman–Crippen MR) is 141 cm³/mol. The minimum atomic E-state index is -0.264. The summed E-state index contributed by atoms with van der Waals surface area (Å²) in [5.74, 6) is -0.264. The first-order valence-electron chi connectivity index (χ1n) is 11.6. The summed E-state index contributed by atoms with van der Waals surface area (Å²) in [5, 5.41) is 8.45. The van der Waals surface area contributed by atoms with Crippen molar-refractivity contribution in [1.29, 1.82) is 0 Å². The van der Waals surface area contributed by atoms with Crippen LogP contribution in [0.25, 0.3) is 44.2 Å². The highest BCUT2D eigenvalue weighted by atomic mass is 19.1. The zero-order valence-electron chi connectivity index (χ0n) is 20.3. The molecule has 0 fully saturated rings. The maximum absolute atomic E-state index is 13.6. The van der Waals surface area contributed by atoms with Crippen LogP contribution in [0.2, 0.25) is 0 Å². The van der Waals surface area contributed by atoms with Gasteiger partial charge in [-0.1, -0.05) is 24.3 Å². The molecule has 180 valence electrons. The molecule has 4 heterocycles. The molecule has 0 atom stereocenters. The van der Waals surface area contributed by atoms with Crippen LogP contribution >= 0.6 is 0 Å². The van der Waals surface area contributed by atoms with Crippen molar-refractivity contribution < 1.29 is 4.39 Å². The summed E-state index contributed by atoms with van der Waals surface area (Å²) in [4.78, 5) is 17.7. The molecule has 0 aliphatic carbocycles. The zero-order chi connectivity index (χ0) is 25.1. The van der Waals surface area contributed by atoms with E-state index in [1.807, 2.05) is 25.4 Å². The molecule has 0 radical (unpaired) electrons. The first kappa shape index (κ1) is 23.3. The number of rotatable bonds is 4. The number of nitrogens with one attached hydrogen (secondary N) is 2. The summed E-state index contributed by atoms with van der Waals surface area (Å²) < 4.78 is 13.6. The smallest absolute Gasteiger partial charge is 0.131 e. The van der Waals surface area contributed by atoms with Crippen LogP contribution < -0.4 is 0 Å². The quantitative estimate of drug-likeness (QED) is 0.336. The Morgan fingerprint density at radius 1 is 0.889 bits per heavy atom. The number of imidazole rings is 1. The van der Waals surface area contributed by atoms with Crippen molar-refractivity contribution in [2.24, 2.45) is 0 Å². The third kappa shape index (κ3) is 4.85. The largest absolute Gasteiger partial charge is 0.343 e. The van der Waals surface area contributed by atoms with E-state index in [4.69, 9.17) is 0 Å². The van der Waals surface area contributed by atoms with Crippen LogP contribution in [-0.2, 0) is 6.54 Å². The summed E-state index contributed by atoms with van der Waals surface area (Å²) in [6.45, 7) is 2.94. The Hall–Kier alpha value is -4.43. The molecule has 7 nitrogen and oxygen atoms in total. The highest BCUT2D eigenvalue weighted by Crippen LogP contribution is 2.27. The number of pyridine rings is 2.